The van der Waals surface area contributed by atoms with Gasteiger partial charge in [-0.15, -0.1) is 0 Å². The number of fused-ring (bicyclic) bond motifs is 1. The molecule has 10 heteroatoms. The summed E-state index contributed by atoms with van der Waals surface area (Å²) in [6.07, 6.45) is 0. The monoisotopic (exact) mass is 406 g/mol. The number of para-hydroxylation sites is 1. The summed E-state index contributed by atoms with van der Waals surface area (Å²) in [7, 11) is 0. The van der Waals surface area contributed by atoms with E-state index in [1.165, 1.54) is 11.5 Å². The van der Waals surface area contributed by atoms with Gasteiger partial charge in [0.05, 0.1) is 5.69 Å². The molecule has 4 rings (SSSR count). The standard InChI is InChI=1S/C20H19BN4O5/c1-13-9-11-16(12-10-13)19-24-25-14(2)18(23-22-17-7-5-4-6-8-17)20(27)30-21(25,29-19)28-15(3)26/h4-12,22H,1-3H3/b23-18+. The van der Waals surface area contributed by atoms with E-state index in [4.69, 9.17) is 14.0 Å². The molecular weight excluding hydrogens is 387 g/mol. The molecule has 1 atom stereocenters. The van der Waals surface area contributed by atoms with Gasteiger partial charge in [-0.2, -0.15) is 9.70 Å². The highest BCUT2D eigenvalue weighted by Gasteiger charge is 2.66. The Balaban J connectivity index is 1.76. The van der Waals surface area contributed by atoms with Crippen LogP contribution in [0.2, 0.25) is 0 Å². The predicted molar refractivity (Wildman–Crippen MR) is 111 cm³/mol. The van der Waals surface area contributed by atoms with Gasteiger partial charge in [-0.3, -0.25) is 10.2 Å². The zero-order valence-electron chi connectivity index (χ0n) is 16.7. The third-order valence-electron chi connectivity index (χ3n) is 4.58. The Morgan fingerprint density at radius 3 is 2.47 bits per heavy atom. The van der Waals surface area contributed by atoms with E-state index in [0.717, 1.165) is 5.56 Å². The van der Waals surface area contributed by atoms with E-state index in [1.807, 2.05) is 49.4 Å². The van der Waals surface area contributed by atoms with Crippen LogP contribution < -0.4 is 5.43 Å². The molecule has 2 aliphatic rings. The number of carbonyl (C=O) groups is 2. The number of carbonyl (C=O) groups excluding carboxylic acids is 2. The molecule has 9 nitrogen and oxygen atoms in total. The molecule has 152 valence electrons. The van der Waals surface area contributed by atoms with E-state index in [-0.39, 0.29) is 11.6 Å². The average Bonchev–Trinajstić information content (AvgIpc) is 3.07. The van der Waals surface area contributed by atoms with Crippen LogP contribution in [0.5, 0.6) is 0 Å². The predicted octanol–water partition coefficient (Wildman–Crippen LogP) is 2.18. The fraction of sp³-hybridized carbons (Fsp3) is 0.150. The summed E-state index contributed by atoms with van der Waals surface area (Å²) < 4.78 is 17.8. The molecule has 0 saturated carbocycles. The van der Waals surface area contributed by atoms with E-state index in [9.17, 15) is 9.59 Å². The maximum absolute atomic E-state index is 12.7. The number of benzene rings is 2. The summed E-state index contributed by atoms with van der Waals surface area (Å²) in [4.78, 5) is 24.4. The van der Waals surface area contributed by atoms with Gasteiger partial charge in [0.15, 0.2) is 5.71 Å². The van der Waals surface area contributed by atoms with Crippen LogP contribution in [0.3, 0.4) is 0 Å². The van der Waals surface area contributed by atoms with Crippen LogP contribution in [0.1, 0.15) is 25.0 Å². The molecule has 0 aliphatic carbocycles. The molecule has 0 amide bonds. The molecule has 0 spiro atoms. The van der Waals surface area contributed by atoms with Crippen molar-refractivity contribution in [2.45, 2.75) is 20.8 Å². The fourth-order valence-corrected chi connectivity index (χ4v) is 3.11. The van der Waals surface area contributed by atoms with Crippen molar-refractivity contribution in [3.05, 3.63) is 65.7 Å². The summed E-state index contributed by atoms with van der Waals surface area (Å²) in [5.74, 6) is -1.31. The van der Waals surface area contributed by atoms with Crippen molar-refractivity contribution >= 4 is 41.8 Å². The Kier molecular flexibility index (Phi) is 4.82. The van der Waals surface area contributed by atoms with E-state index < -0.39 is 18.8 Å². The number of hydrogen-bond acceptors (Lipinski definition) is 8. The Bertz CT molecular complexity index is 1110. The van der Waals surface area contributed by atoms with Gasteiger partial charge in [0.25, 0.3) is 5.97 Å². The molecular formula is C20H19BN4O5. The minimum atomic E-state index is -2.97. The van der Waals surface area contributed by atoms with Gasteiger partial charge < -0.3 is 14.0 Å². The second-order valence-corrected chi connectivity index (χ2v) is 6.88. The summed E-state index contributed by atoms with van der Waals surface area (Å²) in [5.41, 5.74) is 5.51. The number of hydrazone groups is 2. The molecule has 2 heterocycles. The summed E-state index contributed by atoms with van der Waals surface area (Å²) >= 11 is 0. The van der Waals surface area contributed by atoms with Gasteiger partial charge in [0.2, 0.25) is 11.6 Å². The van der Waals surface area contributed by atoms with Gasteiger partial charge >= 0.3 is 12.9 Å². The van der Waals surface area contributed by atoms with Crippen LogP contribution >= 0.6 is 0 Å². The molecule has 0 bridgehead atoms. The lowest BCUT2D eigenvalue weighted by Crippen LogP contribution is -2.61. The normalized spacial score (nSPS) is 21.5. The summed E-state index contributed by atoms with van der Waals surface area (Å²) in [6, 6.07) is 16.5. The molecule has 0 saturated heterocycles. The Hall–Kier alpha value is -3.95. The molecule has 1 unspecified atom stereocenters. The maximum Gasteiger partial charge on any atom is 0.908 e. The lowest BCUT2D eigenvalue weighted by molar-refractivity contribution is -0.443. The van der Waals surface area contributed by atoms with Gasteiger partial charge in [-0.25, -0.2) is 4.79 Å². The number of aryl methyl sites for hydroxylation is 1. The van der Waals surface area contributed by atoms with Gasteiger partial charge in [0, 0.05) is 19.4 Å². The largest absolute Gasteiger partial charge is 0.908 e. The fourth-order valence-electron chi connectivity index (χ4n) is 3.11. The molecule has 0 fully saturated rings. The quantitative estimate of drug-likeness (QED) is 0.617. The van der Waals surface area contributed by atoms with Gasteiger partial charge in [0.1, 0.15) is 0 Å². The SMILES string of the molecule is CC(=O)O[B-]12OC(=O)/C(=N/Nc3ccccc3)C(C)=[N+]1N=C(c1ccc(C)cc1)O2. The van der Waals surface area contributed by atoms with Crippen molar-refractivity contribution < 1.29 is 28.1 Å². The van der Waals surface area contributed by atoms with Crippen molar-refractivity contribution in [1.82, 2.24) is 0 Å². The minimum Gasteiger partial charge on any atom is -0.563 e. The molecule has 0 aromatic heterocycles. The smallest absolute Gasteiger partial charge is 0.563 e. The van der Waals surface area contributed by atoms with Crippen LogP contribution in [0.4, 0.5) is 5.69 Å². The Labute approximate surface area is 172 Å². The number of hydrogen-bond donors (Lipinski definition) is 1. The highest BCUT2D eigenvalue weighted by molar-refractivity contribution is 6.74. The van der Waals surface area contributed by atoms with Crippen molar-refractivity contribution in [1.29, 1.82) is 0 Å². The van der Waals surface area contributed by atoms with E-state index >= 15 is 0 Å². The van der Waals surface area contributed by atoms with Crippen molar-refractivity contribution in [3.8, 4) is 0 Å². The zero-order chi connectivity index (χ0) is 21.3. The molecule has 30 heavy (non-hydrogen) atoms. The first kappa shape index (κ1) is 19.4. The highest BCUT2D eigenvalue weighted by Crippen LogP contribution is 2.26. The van der Waals surface area contributed by atoms with Crippen molar-refractivity contribution in [2.75, 3.05) is 5.43 Å². The first-order valence-electron chi connectivity index (χ1n) is 9.31. The van der Waals surface area contributed by atoms with E-state index in [1.54, 1.807) is 19.1 Å². The summed E-state index contributed by atoms with van der Waals surface area (Å²) in [6.45, 7) is 1.81. The Morgan fingerprint density at radius 1 is 1.10 bits per heavy atom. The van der Waals surface area contributed by atoms with Crippen LogP contribution in [0.15, 0.2) is 64.8 Å². The van der Waals surface area contributed by atoms with Crippen LogP contribution in [-0.4, -0.2) is 40.7 Å². The first-order chi connectivity index (χ1) is 14.4. The number of anilines is 1. The number of rotatable bonds is 4. The van der Waals surface area contributed by atoms with Crippen molar-refractivity contribution in [2.24, 2.45) is 10.2 Å². The molecule has 2 aliphatic heterocycles. The van der Waals surface area contributed by atoms with E-state index in [0.29, 0.717) is 17.0 Å². The summed E-state index contributed by atoms with van der Waals surface area (Å²) in [5, 5.41) is 8.56. The first-order valence-corrected chi connectivity index (χ1v) is 9.31. The lowest BCUT2D eigenvalue weighted by Gasteiger charge is -2.30. The second kappa shape index (κ2) is 7.47. The highest BCUT2D eigenvalue weighted by atomic mass is 16.8. The topological polar surface area (TPSA) is 102 Å². The zero-order valence-corrected chi connectivity index (χ0v) is 16.7. The van der Waals surface area contributed by atoms with Crippen LogP contribution in [0.25, 0.3) is 0 Å². The van der Waals surface area contributed by atoms with E-state index in [2.05, 4.69) is 15.6 Å². The molecule has 2 aromatic carbocycles. The Morgan fingerprint density at radius 2 is 1.80 bits per heavy atom. The van der Waals surface area contributed by atoms with Crippen molar-refractivity contribution in [3.63, 3.8) is 0 Å². The van der Waals surface area contributed by atoms with Crippen LogP contribution in [0, 0.1) is 6.92 Å². The second-order valence-electron chi connectivity index (χ2n) is 6.88. The number of nitrogens with zero attached hydrogens (tertiary/aromatic N) is 3. The lowest BCUT2D eigenvalue weighted by atomic mass is 9.93. The average molecular weight is 406 g/mol. The molecule has 2 aromatic rings. The van der Waals surface area contributed by atoms with Gasteiger partial charge in [-0.1, -0.05) is 35.9 Å². The third kappa shape index (κ3) is 3.55. The third-order valence-corrected chi connectivity index (χ3v) is 4.58. The number of nitrogens with one attached hydrogen (secondary N) is 1. The molecule has 0 radical (unpaired) electrons. The molecule has 1 N–H and O–H groups in total. The van der Waals surface area contributed by atoms with Crippen LogP contribution in [-0.2, 0) is 23.6 Å². The van der Waals surface area contributed by atoms with Gasteiger partial charge in [-0.05, 0) is 36.3 Å². The maximum atomic E-state index is 12.7. The minimum absolute atomic E-state index is 0.0130.